The van der Waals surface area contributed by atoms with E-state index in [-0.39, 0.29) is 18.4 Å². The molecule has 0 unspecified atom stereocenters. The van der Waals surface area contributed by atoms with E-state index in [9.17, 15) is 9.59 Å². The van der Waals surface area contributed by atoms with Crippen molar-refractivity contribution in [2.75, 3.05) is 6.54 Å². The summed E-state index contributed by atoms with van der Waals surface area (Å²) in [6.07, 6.45) is 3.27. The molecule has 0 bridgehead atoms. The number of imide groups is 1. The zero-order chi connectivity index (χ0) is 24.8. The normalized spacial score (nSPS) is 14.8. The van der Waals surface area contributed by atoms with Gasteiger partial charge in [0, 0.05) is 25.1 Å². The number of rotatable bonds is 12. The highest BCUT2D eigenvalue weighted by Crippen LogP contribution is 2.33. The molecule has 0 aliphatic carbocycles. The van der Waals surface area contributed by atoms with Crippen LogP contribution in [0.5, 0.6) is 0 Å². The van der Waals surface area contributed by atoms with Gasteiger partial charge in [0.05, 0.1) is 0 Å². The number of amides is 2. The van der Waals surface area contributed by atoms with Crippen LogP contribution in [0.4, 0.5) is 0 Å². The minimum atomic E-state index is -1.31. The Morgan fingerprint density at radius 3 is 1.47 bits per heavy atom. The van der Waals surface area contributed by atoms with Crippen LogP contribution in [0.2, 0.25) is 0 Å². The Kier molecular flexibility index (Phi) is 8.05. The van der Waals surface area contributed by atoms with Gasteiger partial charge >= 0.3 is 0 Å². The van der Waals surface area contributed by atoms with E-state index in [1.807, 2.05) is 88.4 Å². The molecule has 1 aliphatic heterocycles. The summed E-state index contributed by atoms with van der Waals surface area (Å²) in [5.41, 5.74) is 0.349. The molecular formula is C27H33NO6. The Labute approximate surface area is 201 Å². The third-order valence-corrected chi connectivity index (χ3v) is 5.70. The quantitative estimate of drug-likeness (QED) is 0.185. The molecule has 0 spiro atoms. The van der Waals surface area contributed by atoms with Crippen LogP contribution < -0.4 is 0 Å². The summed E-state index contributed by atoms with van der Waals surface area (Å²) >= 11 is 0. The zero-order valence-corrected chi connectivity index (χ0v) is 20.4. The molecule has 0 N–H and O–H groups in total. The summed E-state index contributed by atoms with van der Waals surface area (Å²) in [6.45, 7) is 9.52. The second-order valence-electron chi connectivity index (χ2n) is 9.48. The number of hydrogen-bond donors (Lipinski definition) is 0. The van der Waals surface area contributed by atoms with E-state index in [1.165, 1.54) is 17.1 Å². The van der Waals surface area contributed by atoms with Crippen molar-refractivity contribution in [1.82, 2.24) is 4.90 Å². The van der Waals surface area contributed by atoms with Crippen molar-refractivity contribution in [2.24, 2.45) is 0 Å². The second kappa shape index (κ2) is 10.6. The molecule has 182 valence electrons. The molecule has 2 aromatic carbocycles. The van der Waals surface area contributed by atoms with Crippen LogP contribution >= 0.6 is 0 Å². The molecule has 34 heavy (non-hydrogen) atoms. The van der Waals surface area contributed by atoms with Gasteiger partial charge in [-0.3, -0.25) is 14.5 Å². The molecule has 0 aromatic heterocycles. The molecule has 2 amide bonds. The lowest BCUT2D eigenvalue weighted by Gasteiger charge is -2.35. The molecule has 0 saturated carbocycles. The summed E-state index contributed by atoms with van der Waals surface area (Å²) in [5, 5.41) is 0. The maximum absolute atomic E-state index is 11.9. The van der Waals surface area contributed by atoms with Crippen molar-refractivity contribution in [1.29, 1.82) is 0 Å². The monoisotopic (exact) mass is 467 g/mol. The van der Waals surface area contributed by atoms with Gasteiger partial charge in [0.2, 0.25) is 5.79 Å². The summed E-state index contributed by atoms with van der Waals surface area (Å²) in [5.74, 6) is -1.95. The third-order valence-electron chi connectivity index (χ3n) is 5.70. The zero-order valence-electron chi connectivity index (χ0n) is 20.4. The first kappa shape index (κ1) is 25.8. The van der Waals surface area contributed by atoms with Gasteiger partial charge in [0.1, 0.15) is 11.2 Å². The molecule has 2 aromatic rings. The van der Waals surface area contributed by atoms with Crippen molar-refractivity contribution in [3.8, 4) is 0 Å². The molecule has 0 saturated heterocycles. The predicted molar refractivity (Wildman–Crippen MR) is 127 cm³/mol. The Morgan fingerprint density at radius 1 is 0.647 bits per heavy atom. The predicted octanol–water partition coefficient (Wildman–Crippen LogP) is 5.17. The second-order valence-corrected chi connectivity index (χ2v) is 9.48. The summed E-state index contributed by atoms with van der Waals surface area (Å²) in [6, 6.07) is 19.4. The third kappa shape index (κ3) is 6.61. The summed E-state index contributed by atoms with van der Waals surface area (Å²) in [4.78, 5) is 48.3. The number of carbonyl (C=O) groups is 2. The van der Waals surface area contributed by atoms with Crippen LogP contribution in [0.25, 0.3) is 0 Å². The van der Waals surface area contributed by atoms with Gasteiger partial charge in [-0.25, -0.2) is 9.78 Å². The van der Waals surface area contributed by atoms with E-state index in [0.29, 0.717) is 12.8 Å². The van der Waals surface area contributed by atoms with E-state index in [2.05, 4.69) is 0 Å². The first-order valence-corrected chi connectivity index (χ1v) is 11.4. The van der Waals surface area contributed by atoms with E-state index >= 15 is 0 Å². The van der Waals surface area contributed by atoms with Gasteiger partial charge in [0.15, 0.2) is 0 Å². The Balaban J connectivity index is 1.69. The van der Waals surface area contributed by atoms with E-state index in [4.69, 9.17) is 19.6 Å². The number of carbonyl (C=O) groups excluding carboxylic acids is 2. The molecule has 0 atom stereocenters. The lowest BCUT2D eigenvalue weighted by Crippen LogP contribution is -2.40. The van der Waals surface area contributed by atoms with Crippen LogP contribution in [0, 0.1) is 0 Å². The number of hydrogen-bond acceptors (Lipinski definition) is 6. The molecule has 7 nitrogen and oxygen atoms in total. The Hall–Kier alpha value is -2.84. The van der Waals surface area contributed by atoms with Crippen LogP contribution in [0.3, 0.4) is 0 Å². The molecule has 3 rings (SSSR count). The van der Waals surface area contributed by atoms with Gasteiger partial charge in [-0.15, -0.1) is 0 Å². The lowest BCUT2D eigenvalue weighted by molar-refractivity contribution is -0.543. The topological polar surface area (TPSA) is 74.3 Å². The highest BCUT2D eigenvalue weighted by molar-refractivity contribution is 6.12. The SMILES string of the molecule is CC(CCCN1C(=O)C=CC1=O)(OOC(C)(C)c1ccccc1)OOC(C)(C)c1ccccc1. The maximum atomic E-state index is 11.9. The minimum absolute atomic E-state index is 0.233. The van der Waals surface area contributed by atoms with Crippen molar-refractivity contribution in [3.63, 3.8) is 0 Å². The van der Waals surface area contributed by atoms with Gasteiger partial charge < -0.3 is 0 Å². The highest BCUT2D eigenvalue weighted by atomic mass is 17.3. The molecule has 7 heteroatoms. The first-order chi connectivity index (χ1) is 16.0. The van der Waals surface area contributed by atoms with Gasteiger partial charge in [-0.05, 0) is 52.2 Å². The summed E-state index contributed by atoms with van der Waals surface area (Å²) in [7, 11) is 0. The van der Waals surface area contributed by atoms with E-state index < -0.39 is 17.0 Å². The van der Waals surface area contributed by atoms with Crippen LogP contribution in [0.1, 0.15) is 58.6 Å². The molecule has 0 radical (unpaired) electrons. The molecule has 0 fully saturated rings. The van der Waals surface area contributed by atoms with E-state index in [1.54, 1.807) is 6.92 Å². The Bertz CT molecular complexity index is 927. The fourth-order valence-electron chi connectivity index (χ4n) is 3.47. The maximum Gasteiger partial charge on any atom is 0.253 e. The van der Waals surface area contributed by atoms with Crippen LogP contribution in [0.15, 0.2) is 72.8 Å². The molecule has 1 heterocycles. The fraction of sp³-hybridized carbons (Fsp3) is 0.407. The van der Waals surface area contributed by atoms with Crippen LogP contribution in [-0.4, -0.2) is 29.0 Å². The molecule has 1 aliphatic rings. The average Bonchev–Trinajstić information content (AvgIpc) is 3.15. The smallest absolute Gasteiger partial charge is 0.253 e. The Morgan fingerprint density at radius 2 is 1.06 bits per heavy atom. The van der Waals surface area contributed by atoms with Crippen molar-refractivity contribution < 1.29 is 29.1 Å². The first-order valence-electron chi connectivity index (χ1n) is 11.4. The van der Waals surface area contributed by atoms with Gasteiger partial charge in [-0.2, -0.15) is 9.78 Å². The summed E-state index contributed by atoms with van der Waals surface area (Å²) < 4.78 is 0. The fourth-order valence-corrected chi connectivity index (χ4v) is 3.47. The minimum Gasteiger partial charge on any atom is -0.275 e. The highest BCUT2D eigenvalue weighted by Gasteiger charge is 2.37. The van der Waals surface area contributed by atoms with E-state index in [0.717, 1.165) is 11.1 Å². The van der Waals surface area contributed by atoms with Crippen LogP contribution in [-0.2, 0) is 40.3 Å². The van der Waals surface area contributed by atoms with Crippen molar-refractivity contribution in [3.05, 3.63) is 83.9 Å². The largest absolute Gasteiger partial charge is 0.275 e. The standard InChI is InChI=1S/C27H33NO6/c1-25(2,21-13-8-6-9-14-21)31-33-27(5,19-12-20-28-23(29)17-18-24(28)30)34-32-26(3,4)22-15-10-7-11-16-22/h6-11,13-18H,12,19-20H2,1-5H3. The number of nitrogens with zero attached hydrogens (tertiary/aromatic N) is 1. The van der Waals surface area contributed by atoms with Gasteiger partial charge in [-0.1, -0.05) is 60.7 Å². The number of benzene rings is 2. The lowest BCUT2D eigenvalue weighted by atomic mass is 9.99. The van der Waals surface area contributed by atoms with Crippen molar-refractivity contribution >= 4 is 11.8 Å². The average molecular weight is 468 g/mol. The van der Waals surface area contributed by atoms with Gasteiger partial charge in [0.25, 0.3) is 11.8 Å². The molecular weight excluding hydrogens is 434 g/mol. The van der Waals surface area contributed by atoms with Crippen molar-refractivity contribution in [2.45, 2.75) is 64.4 Å².